The monoisotopic (exact) mass is 755 g/mol. The minimum atomic E-state index is -2.12. The Morgan fingerprint density at radius 1 is 1.09 bits per heavy atom. The Balaban J connectivity index is 0.000000268. The number of benzene rings is 3. The normalized spacial score (nSPS) is 13.5. The molecule has 11 heteroatoms. The maximum Gasteiger partial charge on any atom is 0.0142 e. The van der Waals surface area contributed by atoms with Crippen molar-refractivity contribution in [3.05, 3.63) is 99.9 Å². The molecule has 5 nitrogen and oxygen atoms in total. The van der Waals surface area contributed by atoms with Crippen LogP contribution in [0.25, 0.3) is 0 Å². The van der Waals surface area contributed by atoms with Gasteiger partial charge < -0.3 is 9.21 Å². The fourth-order valence-electron chi connectivity index (χ4n) is 4.87. The number of nitrogens with zero attached hydrogens (tertiary/aromatic N) is 3. The molecule has 1 aliphatic rings. The first kappa shape index (κ1) is 35.8. The summed E-state index contributed by atoms with van der Waals surface area (Å²) >= 11 is 5.64. The summed E-state index contributed by atoms with van der Waals surface area (Å²) in [6.45, 7) is 15.2. The molecule has 1 aliphatic heterocycles. The van der Waals surface area contributed by atoms with Crippen molar-refractivity contribution in [1.82, 2.24) is 4.31 Å². The van der Waals surface area contributed by atoms with E-state index in [4.69, 9.17) is 35.7 Å². The second-order valence-electron chi connectivity index (χ2n) is 10.4. The molecule has 236 valence electrons. The van der Waals surface area contributed by atoms with Crippen LogP contribution in [0.1, 0.15) is 41.7 Å². The molecule has 0 aliphatic carbocycles. The number of rotatable bonds is 9. The number of hydrogen-bond donors (Lipinski definition) is 0. The van der Waals surface area contributed by atoms with Gasteiger partial charge in [-0.2, -0.15) is 6.67 Å². The van der Waals surface area contributed by atoms with Crippen LogP contribution in [-0.4, -0.2) is 51.7 Å². The van der Waals surface area contributed by atoms with Gasteiger partial charge in [-0.1, -0.05) is 17.7 Å². The molecule has 0 bridgehead atoms. The van der Waals surface area contributed by atoms with Crippen molar-refractivity contribution in [3.63, 3.8) is 0 Å². The smallest absolute Gasteiger partial charge is 0.0142 e. The number of halogens is 4. The fourth-order valence-corrected chi connectivity index (χ4v) is 7.32. The van der Waals surface area contributed by atoms with Crippen molar-refractivity contribution in [2.75, 3.05) is 35.7 Å². The van der Waals surface area contributed by atoms with Crippen LogP contribution in [-0.2, 0) is 24.8 Å². The van der Waals surface area contributed by atoms with E-state index in [1.165, 1.54) is 34.5 Å². The molecule has 43 heavy (non-hydrogen) atoms. The first-order valence-corrected chi connectivity index (χ1v) is 20.7. The summed E-state index contributed by atoms with van der Waals surface area (Å²) in [5, 5.41) is 0.611. The molecule has 3 aromatic rings. The number of hydrogen-bond acceptors (Lipinski definition) is 5. The zero-order valence-electron chi connectivity index (χ0n) is 25.2. The first-order chi connectivity index (χ1) is 20.4. The van der Waals surface area contributed by atoms with Crippen molar-refractivity contribution in [2.45, 2.75) is 47.3 Å². The molecule has 1 N–H and O–H groups in total. The molecular weight excluding hydrogens is 717 g/mol. The van der Waals surface area contributed by atoms with Gasteiger partial charge in [-0.15, -0.1) is 11.9 Å². The molecule has 0 spiro atoms. The van der Waals surface area contributed by atoms with Crippen LogP contribution in [0.3, 0.4) is 0 Å². The van der Waals surface area contributed by atoms with Crippen molar-refractivity contribution >= 4 is 64.9 Å². The summed E-state index contributed by atoms with van der Waals surface area (Å²) in [5.41, 5.74) is 7.79. The third kappa shape index (κ3) is 11.3. The van der Waals surface area contributed by atoms with E-state index in [1.807, 2.05) is 30.9 Å². The van der Waals surface area contributed by atoms with Crippen molar-refractivity contribution in [2.24, 2.45) is 0 Å². The molecule has 1 fully saturated rings. The molecule has 0 amide bonds. The van der Waals surface area contributed by atoms with Gasteiger partial charge in [-0.05, 0) is 44.7 Å². The third-order valence-corrected chi connectivity index (χ3v) is 9.36. The predicted molar refractivity (Wildman–Crippen MR) is 181 cm³/mol. The maximum atomic E-state index is 13.7. The van der Waals surface area contributed by atoms with E-state index in [-0.39, 0.29) is 24.4 Å². The molecule has 1 heterocycles. The molecule has 0 radical (unpaired) electrons. The second kappa shape index (κ2) is 17.1. The molecule has 3 aromatic carbocycles. The number of aryl methyl sites for hydroxylation is 3. The van der Waals surface area contributed by atoms with Crippen LogP contribution in [0.15, 0.2) is 54.6 Å². The van der Waals surface area contributed by atoms with Gasteiger partial charge in [0.1, 0.15) is 0 Å². The molecule has 0 saturated carbocycles. The van der Waals surface area contributed by atoms with E-state index in [1.54, 1.807) is 34.8 Å². The van der Waals surface area contributed by atoms with Gasteiger partial charge in [0.25, 0.3) is 0 Å². The largest absolute Gasteiger partial charge is 0.506 e. The Hall–Kier alpha value is -1.67. The summed E-state index contributed by atoms with van der Waals surface area (Å²) in [4.78, 5) is 14.4. The molecule has 0 atom stereocenters. The Labute approximate surface area is 277 Å². The summed E-state index contributed by atoms with van der Waals surface area (Å²) in [6.07, 6.45) is 1.97. The van der Waals surface area contributed by atoms with Crippen LogP contribution >= 0.6 is 42.9 Å². The van der Waals surface area contributed by atoms with Gasteiger partial charge >= 0.3 is 177 Å². The third-order valence-electron chi connectivity index (χ3n) is 6.53. The number of esters is 1. The minimum Gasteiger partial charge on any atom is -0.506 e. The zero-order valence-corrected chi connectivity index (χ0v) is 30.0. The number of carbonyl (C=O) groups excluding carboxylic acids is 1. The maximum absolute atomic E-state index is 13.7. The van der Waals surface area contributed by atoms with E-state index in [0.29, 0.717) is 17.1 Å². The van der Waals surface area contributed by atoms with E-state index < -0.39 is 13.5 Å². The van der Waals surface area contributed by atoms with Gasteiger partial charge in [0.15, 0.2) is 0 Å². The fraction of sp³-hybridized carbons (Fsp3) is 0.344. The summed E-state index contributed by atoms with van der Waals surface area (Å²) in [6, 6.07) is 16.2. The van der Waals surface area contributed by atoms with E-state index in [2.05, 4.69) is 55.0 Å². The standard InChI is InChI=1S/C19H19ClFNO2.C13H19N2S.2ClH.Ru/c1-13(2)24-19(23)12-22(18-8-5-16(20)6-9-18)11-15-4-7-17(21)10-14(15)3;1-10-7-11(2)13(12(3)8-10)14-5-6-15(9-14)16-4;;;/h3-10,13H,11-12H2,1-2H3;7-9H,5-6H2,1-4H3;2*1H;/q;-1;;;+2/p-1. The Kier molecular flexibility index (Phi) is 14.3. The van der Waals surface area contributed by atoms with Crippen LogP contribution in [0.5, 0.6) is 0 Å². The van der Waals surface area contributed by atoms with E-state index in [9.17, 15) is 9.18 Å². The molecule has 1 saturated heterocycles. The minimum absolute atomic E-state index is 0.102. The average molecular weight is 756 g/mol. The van der Waals surface area contributed by atoms with E-state index >= 15 is 0 Å². The second-order valence-corrected chi connectivity index (χ2v) is 17.4. The van der Waals surface area contributed by atoms with Crippen LogP contribution in [0.2, 0.25) is 5.02 Å². The van der Waals surface area contributed by atoms with Crippen LogP contribution in [0, 0.1) is 33.3 Å². The van der Waals surface area contributed by atoms with E-state index in [0.717, 1.165) is 24.3 Å². The van der Waals surface area contributed by atoms with Crippen molar-refractivity contribution in [3.8, 4) is 0 Å². The number of ether oxygens (including phenoxy) is 1. The van der Waals surface area contributed by atoms with Gasteiger partial charge in [0, 0.05) is 12.2 Å². The predicted octanol–water partition coefficient (Wildman–Crippen LogP) is 8.62. The molecular formula is C32H39Cl3FN3O2RuS. The topological polar surface area (TPSA) is 40.4 Å². The van der Waals surface area contributed by atoms with Crippen LogP contribution in [0.4, 0.5) is 15.8 Å². The Morgan fingerprint density at radius 3 is 2.30 bits per heavy atom. The average Bonchev–Trinajstić information content (AvgIpc) is 3.38. The Bertz CT molecular complexity index is 1400. The van der Waals surface area contributed by atoms with Gasteiger partial charge in [0.05, 0.1) is 0 Å². The summed E-state index contributed by atoms with van der Waals surface area (Å²) < 4.78 is 23.0. The number of anilines is 2. The SMILES string of the molecule is CC(C)OC(=[OH+])CN(Cc1ccc(F)cc1[CH]=[Ru]([Cl])[Cl])c1ccc(Cl)cc1.CSN1[CH-]N(c2c(C)cc(C)cc2C)CC1. The van der Waals surface area contributed by atoms with Crippen LogP contribution < -0.4 is 9.80 Å². The summed E-state index contributed by atoms with van der Waals surface area (Å²) in [7, 11) is 12.0. The van der Waals surface area contributed by atoms with Crippen molar-refractivity contribution < 1.29 is 27.4 Å². The summed E-state index contributed by atoms with van der Waals surface area (Å²) in [5.74, 6) is -0.459. The van der Waals surface area contributed by atoms with Gasteiger partial charge in [-0.25, -0.2) is 0 Å². The first-order valence-electron chi connectivity index (χ1n) is 13.7. The molecule has 0 aromatic heterocycles. The molecule has 0 unspecified atom stereocenters. The van der Waals surface area contributed by atoms with Gasteiger partial charge in [0.2, 0.25) is 0 Å². The van der Waals surface area contributed by atoms with Crippen molar-refractivity contribution in [1.29, 1.82) is 0 Å². The molecule has 4 rings (SSSR count). The quantitative estimate of drug-likeness (QED) is 0.0720. The van der Waals surface area contributed by atoms with Gasteiger partial charge in [-0.3, -0.25) is 0 Å². The zero-order chi connectivity index (χ0) is 31.7. The Morgan fingerprint density at radius 2 is 1.74 bits per heavy atom.